The first-order chi connectivity index (χ1) is 8.10. The Labute approximate surface area is 117 Å². The standard InChI is InChI=1S/C16H25NS/c1-12(18)17-14-9-7-13(8-10-14)16(5,6)11-15(2,3)4/h7-10H,11H2,1-6H3,(H,17,18). The zero-order valence-electron chi connectivity index (χ0n) is 12.4. The molecule has 1 N–H and O–H groups in total. The molecule has 0 aliphatic rings. The highest BCUT2D eigenvalue weighted by Crippen LogP contribution is 2.36. The summed E-state index contributed by atoms with van der Waals surface area (Å²) in [5.74, 6) is 0. The van der Waals surface area contributed by atoms with Crippen molar-refractivity contribution in [1.29, 1.82) is 0 Å². The van der Waals surface area contributed by atoms with Gasteiger partial charge in [0.1, 0.15) is 0 Å². The van der Waals surface area contributed by atoms with E-state index in [1.165, 1.54) is 12.0 Å². The molecule has 0 aliphatic carbocycles. The van der Waals surface area contributed by atoms with Crippen molar-refractivity contribution in [2.75, 3.05) is 5.32 Å². The molecule has 2 heteroatoms. The van der Waals surface area contributed by atoms with Crippen molar-refractivity contribution in [3.05, 3.63) is 29.8 Å². The van der Waals surface area contributed by atoms with Gasteiger partial charge in [0.2, 0.25) is 0 Å². The molecular formula is C16H25NS. The fourth-order valence-electron chi connectivity index (χ4n) is 2.64. The number of nitrogens with one attached hydrogen (secondary N) is 1. The summed E-state index contributed by atoms with van der Waals surface area (Å²) in [5, 5.41) is 3.16. The van der Waals surface area contributed by atoms with Gasteiger partial charge in [-0.05, 0) is 41.9 Å². The van der Waals surface area contributed by atoms with Crippen molar-refractivity contribution in [3.63, 3.8) is 0 Å². The summed E-state index contributed by atoms with van der Waals surface area (Å²) in [4.78, 5) is 0.803. The molecule has 0 amide bonds. The van der Waals surface area contributed by atoms with Crippen LogP contribution in [0.2, 0.25) is 0 Å². The normalized spacial score (nSPS) is 12.3. The third-order valence-corrected chi connectivity index (χ3v) is 3.06. The highest BCUT2D eigenvalue weighted by Gasteiger charge is 2.26. The van der Waals surface area contributed by atoms with E-state index in [1.807, 2.05) is 6.92 Å². The Kier molecular flexibility index (Phi) is 4.55. The Balaban J connectivity index is 2.87. The third-order valence-electron chi connectivity index (χ3n) is 2.96. The minimum Gasteiger partial charge on any atom is -0.350 e. The smallest absolute Gasteiger partial charge is 0.0765 e. The Bertz CT molecular complexity index is 410. The van der Waals surface area contributed by atoms with E-state index in [2.05, 4.69) is 64.2 Å². The molecule has 0 bridgehead atoms. The zero-order valence-corrected chi connectivity index (χ0v) is 13.2. The average Bonchev–Trinajstić information content (AvgIpc) is 2.13. The second-order valence-electron chi connectivity index (χ2n) is 6.88. The molecule has 0 radical (unpaired) electrons. The first-order valence-electron chi connectivity index (χ1n) is 6.48. The van der Waals surface area contributed by atoms with Gasteiger partial charge in [-0.25, -0.2) is 0 Å². The average molecular weight is 263 g/mol. The van der Waals surface area contributed by atoms with Gasteiger partial charge in [-0.3, -0.25) is 0 Å². The summed E-state index contributed by atoms with van der Waals surface area (Å²) < 4.78 is 0. The number of thiocarbonyl (C=S) groups is 1. The van der Waals surface area contributed by atoms with E-state index in [0.29, 0.717) is 5.41 Å². The van der Waals surface area contributed by atoms with Crippen molar-refractivity contribution >= 4 is 22.9 Å². The van der Waals surface area contributed by atoms with Gasteiger partial charge in [-0.1, -0.05) is 59.0 Å². The summed E-state index contributed by atoms with van der Waals surface area (Å²) >= 11 is 5.04. The molecule has 0 atom stereocenters. The van der Waals surface area contributed by atoms with Gasteiger partial charge in [0, 0.05) is 5.69 Å². The van der Waals surface area contributed by atoms with Gasteiger partial charge in [0.25, 0.3) is 0 Å². The Morgan fingerprint density at radius 2 is 1.56 bits per heavy atom. The van der Waals surface area contributed by atoms with Gasteiger partial charge in [-0.15, -0.1) is 0 Å². The maximum atomic E-state index is 5.04. The maximum absolute atomic E-state index is 5.04. The SMILES string of the molecule is CC(=S)Nc1ccc(C(C)(C)CC(C)(C)C)cc1. The monoisotopic (exact) mass is 263 g/mol. The molecule has 1 aromatic rings. The molecule has 0 fully saturated rings. The first-order valence-corrected chi connectivity index (χ1v) is 6.89. The molecule has 0 saturated heterocycles. The van der Waals surface area contributed by atoms with Crippen LogP contribution in [0.3, 0.4) is 0 Å². The largest absolute Gasteiger partial charge is 0.350 e. The van der Waals surface area contributed by atoms with Crippen LogP contribution in [0, 0.1) is 5.41 Å². The van der Waals surface area contributed by atoms with Crippen LogP contribution in [-0.2, 0) is 5.41 Å². The van der Waals surface area contributed by atoms with Gasteiger partial charge < -0.3 is 5.32 Å². The van der Waals surface area contributed by atoms with Crippen molar-refractivity contribution in [2.45, 2.75) is 53.4 Å². The summed E-state index contributed by atoms with van der Waals surface area (Å²) in [6.45, 7) is 13.4. The highest BCUT2D eigenvalue weighted by atomic mass is 32.1. The molecule has 0 aliphatic heterocycles. The fraction of sp³-hybridized carbons (Fsp3) is 0.562. The van der Waals surface area contributed by atoms with Crippen LogP contribution in [0.1, 0.15) is 53.5 Å². The minimum absolute atomic E-state index is 0.198. The molecule has 0 spiro atoms. The zero-order chi connectivity index (χ0) is 14.0. The molecule has 18 heavy (non-hydrogen) atoms. The number of hydrogen-bond acceptors (Lipinski definition) is 1. The molecule has 1 rings (SSSR count). The van der Waals surface area contributed by atoms with Crippen molar-refractivity contribution in [1.82, 2.24) is 0 Å². The number of rotatable bonds is 3. The van der Waals surface area contributed by atoms with E-state index >= 15 is 0 Å². The Hall–Kier alpha value is -0.890. The lowest BCUT2D eigenvalue weighted by molar-refractivity contribution is 0.284. The van der Waals surface area contributed by atoms with E-state index in [9.17, 15) is 0 Å². The van der Waals surface area contributed by atoms with E-state index in [-0.39, 0.29) is 5.41 Å². The van der Waals surface area contributed by atoms with Crippen LogP contribution >= 0.6 is 12.2 Å². The summed E-state index contributed by atoms with van der Waals surface area (Å²) in [6, 6.07) is 8.61. The molecule has 0 unspecified atom stereocenters. The third kappa shape index (κ3) is 4.77. The lowest BCUT2D eigenvalue weighted by atomic mass is 9.72. The summed E-state index contributed by atoms with van der Waals surface area (Å²) in [5.41, 5.74) is 2.98. The van der Waals surface area contributed by atoms with Crippen LogP contribution in [0.4, 0.5) is 5.69 Å². The lowest BCUT2D eigenvalue weighted by Crippen LogP contribution is -2.24. The molecular weight excluding hydrogens is 238 g/mol. The lowest BCUT2D eigenvalue weighted by Gasteiger charge is -2.33. The highest BCUT2D eigenvalue weighted by molar-refractivity contribution is 7.80. The van der Waals surface area contributed by atoms with Gasteiger partial charge >= 0.3 is 0 Å². The van der Waals surface area contributed by atoms with Crippen LogP contribution in [0.15, 0.2) is 24.3 Å². The molecule has 0 heterocycles. The maximum Gasteiger partial charge on any atom is 0.0765 e. The van der Waals surface area contributed by atoms with Crippen LogP contribution < -0.4 is 5.32 Å². The van der Waals surface area contributed by atoms with Crippen LogP contribution in [0.5, 0.6) is 0 Å². The van der Waals surface area contributed by atoms with E-state index in [4.69, 9.17) is 12.2 Å². The second-order valence-corrected chi connectivity index (χ2v) is 7.49. The number of anilines is 1. The first kappa shape index (κ1) is 15.2. The second kappa shape index (κ2) is 5.40. The quantitative estimate of drug-likeness (QED) is 0.756. The van der Waals surface area contributed by atoms with Crippen LogP contribution in [0.25, 0.3) is 0 Å². The molecule has 0 aromatic heterocycles. The topological polar surface area (TPSA) is 12.0 Å². The number of hydrogen-bond donors (Lipinski definition) is 1. The van der Waals surface area contributed by atoms with Crippen molar-refractivity contribution in [3.8, 4) is 0 Å². The van der Waals surface area contributed by atoms with Gasteiger partial charge in [-0.2, -0.15) is 0 Å². The molecule has 0 saturated carbocycles. The predicted molar refractivity (Wildman–Crippen MR) is 85.4 cm³/mol. The van der Waals surface area contributed by atoms with Crippen molar-refractivity contribution in [2.24, 2.45) is 5.41 Å². The Morgan fingerprint density at radius 1 is 1.06 bits per heavy atom. The molecule has 100 valence electrons. The summed E-state index contributed by atoms with van der Waals surface area (Å²) in [6.07, 6.45) is 1.17. The van der Waals surface area contributed by atoms with E-state index in [0.717, 1.165) is 10.7 Å². The van der Waals surface area contributed by atoms with Crippen LogP contribution in [-0.4, -0.2) is 4.99 Å². The predicted octanol–water partition coefficient (Wildman–Crippen LogP) is 5.16. The van der Waals surface area contributed by atoms with E-state index < -0.39 is 0 Å². The van der Waals surface area contributed by atoms with E-state index in [1.54, 1.807) is 0 Å². The Morgan fingerprint density at radius 3 is 1.94 bits per heavy atom. The fourth-order valence-corrected chi connectivity index (χ4v) is 2.75. The molecule has 1 nitrogen and oxygen atoms in total. The van der Waals surface area contributed by atoms with Gasteiger partial charge in [0.05, 0.1) is 4.99 Å². The summed E-state index contributed by atoms with van der Waals surface area (Å²) in [7, 11) is 0. The van der Waals surface area contributed by atoms with Crippen molar-refractivity contribution < 1.29 is 0 Å². The minimum atomic E-state index is 0.198. The number of benzene rings is 1. The molecule has 1 aromatic carbocycles. The van der Waals surface area contributed by atoms with Gasteiger partial charge in [0.15, 0.2) is 0 Å².